The molecule has 4 nitrogen and oxygen atoms in total. The summed E-state index contributed by atoms with van der Waals surface area (Å²) in [5.41, 5.74) is 1.31. The van der Waals surface area contributed by atoms with Gasteiger partial charge >= 0.3 is 0 Å². The number of aryl methyl sites for hydroxylation is 1. The summed E-state index contributed by atoms with van der Waals surface area (Å²) in [5, 5.41) is 7.32. The first kappa shape index (κ1) is 13.1. The molecule has 0 aliphatic heterocycles. The Labute approximate surface area is 112 Å². The summed E-state index contributed by atoms with van der Waals surface area (Å²) in [5.74, 6) is 1.83. The molecular formula is C13H18N4S. The average molecular weight is 262 g/mol. The standard InChI is InChI=1S/C13H18N4S/c1-10(14-2)11-5-4-6-12(7-11)18-8-13-15-9-16-17(13)3/h4-7,9-10,14H,8H2,1-3H3. The van der Waals surface area contributed by atoms with Crippen LogP contribution < -0.4 is 5.32 Å². The normalized spacial score (nSPS) is 12.6. The maximum Gasteiger partial charge on any atom is 0.138 e. The highest BCUT2D eigenvalue weighted by molar-refractivity contribution is 7.98. The Balaban J connectivity index is 2.04. The number of nitrogens with one attached hydrogen (secondary N) is 1. The van der Waals surface area contributed by atoms with Crippen LogP contribution in [0.15, 0.2) is 35.5 Å². The molecule has 0 radical (unpaired) electrons. The molecule has 0 saturated heterocycles. The molecule has 5 heteroatoms. The molecule has 0 fully saturated rings. The zero-order chi connectivity index (χ0) is 13.0. The summed E-state index contributed by atoms with van der Waals surface area (Å²) in [4.78, 5) is 5.48. The lowest BCUT2D eigenvalue weighted by Gasteiger charge is -2.11. The van der Waals surface area contributed by atoms with Gasteiger partial charge in [0.05, 0.1) is 5.75 Å². The lowest BCUT2D eigenvalue weighted by atomic mass is 10.1. The second kappa shape index (κ2) is 6.02. The number of benzene rings is 1. The minimum atomic E-state index is 0.375. The monoisotopic (exact) mass is 262 g/mol. The summed E-state index contributed by atoms with van der Waals surface area (Å²) in [6, 6.07) is 8.98. The van der Waals surface area contributed by atoms with E-state index in [9.17, 15) is 0 Å². The van der Waals surface area contributed by atoms with E-state index in [0.717, 1.165) is 11.6 Å². The highest BCUT2D eigenvalue weighted by atomic mass is 32.2. The number of hydrogen-bond donors (Lipinski definition) is 1. The van der Waals surface area contributed by atoms with Crippen molar-refractivity contribution in [2.45, 2.75) is 23.6 Å². The maximum atomic E-state index is 4.22. The first-order valence-corrected chi connectivity index (χ1v) is 6.92. The SMILES string of the molecule is CNC(C)c1cccc(SCc2ncnn2C)c1. The third-order valence-electron chi connectivity index (χ3n) is 2.96. The minimum absolute atomic E-state index is 0.375. The van der Waals surface area contributed by atoms with Crippen LogP contribution in [-0.2, 0) is 12.8 Å². The van der Waals surface area contributed by atoms with Crippen LogP contribution in [0.4, 0.5) is 0 Å². The quantitative estimate of drug-likeness (QED) is 0.840. The van der Waals surface area contributed by atoms with E-state index < -0.39 is 0 Å². The Bertz CT molecular complexity index is 509. The summed E-state index contributed by atoms with van der Waals surface area (Å²) in [7, 11) is 3.90. The van der Waals surface area contributed by atoms with Crippen molar-refractivity contribution in [2.75, 3.05) is 7.05 Å². The van der Waals surface area contributed by atoms with Gasteiger partial charge in [-0.25, -0.2) is 4.98 Å². The van der Waals surface area contributed by atoms with Gasteiger partial charge in [0, 0.05) is 18.0 Å². The lowest BCUT2D eigenvalue weighted by molar-refractivity contribution is 0.651. The van der Waals surface area contributed by atoms with Gasteiger partial charge in [-0.15, -0.1) is 11.8 Å². The molecule has 0 aliphatic carbocycles. The molecule has 1 aromatic carbocycles. The minimum Gasteiger partial charge on any atom is -0.313 e. The Hall–Kier alpha value is -1.33. The summed E-state index contributed by atoms with van der Waals surface area (Å²) in [6.07, 6.45) is 1.59. The number of nitrogens with zero attached hydrogens (tertiary/aromatic N) is 3. The van der Waals surface area contributed by atoms with Gasteiger partial charge in [-0.2, -0.15) is 5.10 Å². The Morgan fingerprint density at radius 1 is 1.44 bits per heavy atom. The van der Waals surface area contributed by atoms with Gasteiger partial charge in [-0.05, 0) is 31.7 Å². The van der Waals surface area contributed by atoms with Gasteiger partial charge in [0.2, 0.25) is 0 Å². The molecule has 96 valence electrons. The predicted molar refractivity (Wildman–Crippen MR) is 74.5 cm³/mol. The van der Waals surface area contributed by atoms with Crippen LogP contribution in [0.5, 0.6) is 0 Å². The van der Waals surface area contributed by atoms with Crippen molar-refractivity contribution >= 4 is 11.8 Å². The van der Waals surface area contributed by atoms with E-state index in [4.69, 9.17) is 0 Å². The summed E-state index contributed by atoms with van der Waals surface area (Å²) < 4.78 is 1.81. The average Bonchev–Trinajstić information content (AvgIpc) is 2.81. The smallest absolute Gasteiger partial charge is 0.138 e. The van der Waals surface area contributed by atoms with Gasteiger partial charge in [-0.3, -0.25) is 4.68 Å². The fraction of sp³-hybridized carbons (Fsp3) is 0.385. The van der Waals surface area contributed by atoms with Crippen LogP contribution in [0.2, 0.25) is 0 Å². The van der Waals surface area contributed by atoms with E-state index in [1.54, 1.807) is 18.1 Å². The highest BCUT2D eigenvalue weighted by Gasteiger charge is 2.05. The topological polar surface area (TPSA) is 42.7 Å². The molecule has 1 N–H and O–H groups in total. The van der Waals surface area contributed by atoms with Crippen molar-refractivity contribution in [3.63, 3.8) is 0 Å². The van der Waals surface area contributed by atoms with Crippen molar-refractivity contribution in [3.8, 4) is 0 Å². The highest BCUT2D eigenvalue weighted by Crippen LogP contribution is 2.24. The second-order valence-electron chi connectivity index (χ2n) is 4.17. The summed E-state index contributed by atoms with van der Waals surface area (Å²) in [6.45, 7) is 2.16. The van der Waals surface area contributed by atoms with Crippen molar-refractivity contribution in [3.05, 3.63) is 42.0 Å². The molecule has 18 heavy (non-hydrogen) atoms. The zero-order valence-corrected chi connectivity index (χ0v) is 11.7. The van der Waals surface area contributed by atoms with Gasteiger partial charge in [0.25, 0.3) is 0 Å². The van der Waals surface area contributed by atoms with Crippen LogP contribution in [0.1, 0.15) is 24.4 Å². The number of thioether (sulfide) groups is 1. The summed E-state index contributed by atoms with van der Waals surface area (Å²) >= 11 is 1.78. The molecule has 1 heterocycles. The molecular weight excluding hydrogens is 244 g/mol. The van der Waals surface area contributed by atoms with Crippen LogP contribution >= 0.6 is 11.8 Å². The zero-order valence-electron chi connectivity index (χ0n) is 10.9. The fourth-order valence-corrected chi connectivity index (χ4v) is 2.59. The molecule has 0 spiro atoms. The van der Waals surface area contributed by atoms with Gasteiger partial charge in [0.1, 0.15) is 12.2 Å². The molecule has 0 amide bonds. The van der Waals surface area contributed by atoms with Crippen molar-refractivity contribution in [1.82, 2.24) is 20.1 Å². The molecule has 1 unspecified atom stereocenters. The van der Waals surface area contributed by atoms with Gasteiger partial charge in [0.15, 0.2) is 0 Å². The molecule has 2 rings (SSSR count). The van der Waals surface area contributed by atoms with E-state index in [-0.39, 0.29) is 0 Å². The number of aromatic nitrogens is 3. The van der Waals surface area contributed by atoms with Gasteiger partial charge in [-0.1, -0.05) is 12.1 Å². The van der Waals surface area contributed by atoms with E-state index in [0.29, 0.717) is 6.04 Å². The number of rotatable bonds is 5. The second-order valence-corrected chi connectivity index (χ2v) is 5.22. The molecule has 0 saturated carbocycles. The number of hydrogen-bond acceptors (Lipinski definition) is 4. The Kier molecular flexibility index (Phi) is 4.38. The van der Waals surface area contributed by atoms with Crippen molar-refractivity contribution in [1.29, 1.82) is 0 Å². The first-order chi connectivity index (χ1) is 8.70. The molecule has 1 aromatic heterocycles. The maximum absolute atomic E-state index is 4.22. The molecule has 0 bridgehead atoms. The van der Waals surface area contributed by atoms with E-state index in [1.165, 1.54) is 10.5 Å². The Morgan fingerprint density at radius 3 is 2.94 bits per heavy atom. The lowest BCUT2D eigenvalue weighted by Crippen LogP contribution is -2.12. The van der Waals surface area contributed by atoms with Crippen LogP contribution in [0.25, 0.3) is 0 Å². The predicted octanol–water partition coefficient (Wildman–Crippen LogP) is 2.39. The van der Waals surface area contributed by atoms with Crippen LogP contribution in [0, 0.1) is 0 Å². The van der Waals surface area contributed by atoms with Crippen LogP contribution in [-0.4, -0.2) is 21.8 Å². The first-order valence-electron chi connectivity index (χ1n) is 5.93. The van der Waals surface area contributed by atoms with E-state index in [1.807, 2.05) is 18.8 Å². The Morgan fingerprint density at radius 2 is 2.28 bits per heavy atom. The van der Waals surface area contributed by atoms with Gasteiger partial charge < -0.3 is 5.32 Å². The van der Waals surface area contributed by atoms with E-state index >= 15 is 0 Å². The van der Waals surface area contributed by atoms with E-state index in [2.05, 4.69) is 46.6 Å². The van der Waals surface area contributed by atoms with Crippen molar-refractivity contribution in [2.24, 2.45) is 7.05 Å². The van der Waals surface area contributed by atoms with Crippen molar-refractivity contribution < 1.29 is 0 Å². The molecule has 1 atom stereocenters. The fourth-order valence-electron chi connectivity index (χ4n) is 1.64. The third kappa shape index (κ3) is 3.11. The molecule has 2 aromatic rings. The largest absolute Gasteiger partial charge is 0.313 e. The third-order valence-corrected chi connectivity index (χ3v) is 3.95. The molecule has 0 aliphatic rings. The van der Waals surface area contributed by atoms with Crippen LogP contribution in [0.3, 0.4) is 0 Å².